The van der Waals surface area contributed by atoms with Gasteiger partial charge in [0.05, 0.1) is 11.4 Å². The number of nitrogens with two attached hydrogens (primary N) is 2. The molecule has 1 atom stereocenters. The number of nitrogens with one attached hydrogen (secondary N) is 2. The third kappa shape index (κ3) is 3.83. The van der Waals surface area contributed by atoms with Gasteiger partial charge in [0, 0.05) is 6.54 Å². The minimum absolute atomic E-state index is 0.00106. The van der Waals surface area contributed by atoms with Crippen LogP contribution in [0, 0.1) is 0 Å². The fourth-order valence-corrected chi connectivity index (χ4v) is 2.23. The molecular weight excluding hydrogens is 268 g/mol. The summed E-state index contributed by atoms with van der Waals surface area (Å²) in [4.78, 5) is 11.4. The molecule has 0 heterocycles. The van der Waals surface area contributed by atoms with Crippen molar-refractivity contribution >= 4 is 27.3 Å². The maximum absolute atomic E-state index is 11.6. The molecule has 1 rings (SSSR count). The highest BCUT2D eigenvalue weighted by Gasteiger charge is 2.17. The molecule has 0 fully saturated rings. The molecule has 0 saturated heterocycles. The summed E-state index contributed by atoms with van der Waals surface area (Å²) < 4.78 is 22.6. The molecular formula is C11H18N4O3S. The number of amides is 1. The smallest absolute Gasteiger partial charge is 0.242 e. The zero-order valence-electron chi connectivity index (χ0n) is 10.8. The highest BCUT2D eigenvalue weighted by molar-refractivity contribution is 7.89. The van der Waals surface area contributed by atoms with Crippen molar-refractivity contribution < 1.29 is 13.2 Å². The normalized spacial score (nSPS) is 12.8. The molecule has 106 valence electrons. The minimum atomic E-state index is -3.89. The molecule has 1 aromatic carbocycles. The molecule has 1 unspecified atom stereocenters. The fraction of sp³-hybridized carbons (Fsp3) is 0.364. The molecule has 7 nitrogen and oxygen atoms in total. The Hall–Kier alpha value is -1.80. The number of likely N-dealkylation sites (N-methyl/N-ethyl adjacent to an activating group) is 1. The minimum Gasteiger partial charge on any atom is -0.396 e. The van der Waals surface area contributed by atoms with Crippen molar-refractivity contribution in [3.05, 3.63) is 18.2 Å². The Labute approximate surface area is 112 Å². The second kappa shape index (κ2) is 5.89. The molecule has 6 N–H and O–H groups in total. The van der Waals surface area contributed by atoms with E-state index >= 15 is 0 Å². The molecule has 0 spiro atoms. The van der Waals surface area contributed by atoms with E-state index < -0.39 is 16.1 Å². The summed E-state index contributed by atoms with van der Waals surface area (Å²) in [5.74, 6) is -0.206. The van der Waals surface area contributed by atoms with Crippen LogP contribution < -0.4 is 21.5 Å². The zero-order valence-corrected chi connectivity index (χ0v) is 11.6. The largest absolute Gasteiger partial charge is 0.396 e. The molecule has 0 aliphatic rings. The van der Waals surface area contributed by atoms with Crippen LogP contribution >= 0.6 is 0 Å². The van der Waals surface area contributed by atoms with E-state index in [0.29, 0.717) is 12.2 Å². The Bertz CT molecular complexity index is 571. The molecule has 0 saturated carbocycles. The Balaban J connectivity index is 3.01. The van der Waals surface area contributed by atoms with E-state index in [4.69, 9.17) is 10.9 Å². The predicted molar refractivity (Wildman–Crippen MR) is 74.0 cm³/mol. The van der Waals surface area contributed by atoms with Crippen LogP contribution in [0.2, 0.25) is 0 Å². The third-order valence-electron chi connectivity index (χ3n) is 2.49. The van der Waals surface area contributed by atoms with Crippen molar-refractivity contribution in [2.75, 3.05) is 17.6 Å². The molecule has 1 amide bonds. The summed E-state index contributed by atoms with van der Waals surface area (Å²) >= 11 is 0. The lowest BCUT2D eigenvalue weighted by Gasteiger charge is -2.17. The lowest BCUT2D eigenvalue weighted by molar-refractivity contribution is -0.121. The fourth-order valence-electron chi connectivity index (χ4n) is 1.54. The number of sulfonamides is 1. The lowest BCUT2D eigenvalue weighted by atomic mass is 10.2. The SMILES string of the molecule is CCNC(=O)C(C)Nc1cccc(S(N)(=O)=O)c1N. The van der Waals surface area contributed by atoms with Crippen molar-refractivity contribution in [1.82, 2.24) is 5.32 Å². The number of nitrogen functional groups attached to an aromatic ring is 1. The van der Waals surface area contributed by atoms with Crippen LogP contribution in [0.1, 0.15) is 13.8 Å². The first-order valence-corrected chi connectivity index (χ1v) is 7.27. The molecule has 0 aliphatic heterocycles. The van der Waals surface area contributed by atoms with Gasteiger partial charge in [-0.3, -0.25) is 4.79 Å². The molecule has 0 radical (unpaired) electrons. The van der Waals surface area contributed by atoms with Gasteiger partial charge in [0.25, 0.3) is 0 Å². The average Bonchev–Trinajstić information content (AvgIpc) is 2.30. The van der Waals surface area contributed by atoms with Gasteiger partial charge in [-0.25, -0.2) is 13.6 Å². The van der Waals surface area contributed by atoms with Gasteiger partial charge in [-0.15, -0.1) is 0 Å². The summed E-state index contributed by atoms with van der Waals surface area (Å²) in [6.45, 7) is 3.96. The second-order valence-electron chi connectivity index (χ2n) is 4.02. The van der Waals surface area contributed by atoms with Crippen LogP contribution in [0.4, 0.5) is 11.4 Å². The second-order valence-corrected chi connectivity index (χ2v) is 5.55. The van der Waals surface area contributed by atoms with E-state index in [2.05, 4.69) is 10.6 Å². The van der Waals surface area contributed by atoms with Gasteiger partial charge >= 0.3 is 0 Å². The van der Waals surface area contributed by atoms with Crippen molar-refractivity contribution in [2.24, 2.45) is 5.14 Å². The monoisotopic (exact) mass is 286 g/mol. The van der Waals surface area contributed by atoms with Gasteiger partial charge in [0.1, 0.15) is 10.9 Å². The highest BCUT2D eigenvalue weighted by atomic mass is 32.2. The van der Waals surface area contributed by atoms with Gasteiger partial charge in [0.2, 0.25) is 15.9 Å². The summed E-state index contributed by atoms with van der Waals surface area (Å²) in [5, 5.41) is 10.5. The first-order chi connectivity index (χ1) is 8.77. The van der Waals surface area contributed by atoms with Crippen molar-refractivity contribution in [3.8, 4) is 0 Å². The molecule has 0 bridgehead atoms. The van der Waals surface area contributed by atoms with E-state index in [9.17, 15) is 13.2 Å². The number of primary sulfonamides is 1. The topological polar surface area (TPSA) is 127 Å². The highest BCUT2D eigenvalue weighted by Crippen LogP contribution is 2.26. The van der Waals surface area contributed by atoms with Gasteiger partial charge in [-0.05, 0) is 26.0 Å². The van der Waals surface area contributed by atoms with Crippen LogP contribution in [0.5, 0.6) is 0 Å². The first kappa shape index (κ1) is 15.3. The predicted octanol–water partition coefficient (Wildman–Crippen LogP) is -0.147. The number of rotatable bonds is 5. The van der Waals surface area contributed by atoms with E-state index in [1.54, 1.807) is 19.9 Å². The van der Waals surface area contributed by atoms with E-state index in [-0.39, 0.29) is 16.5 Å². The van der Waals surface area contributed by atoms with Gasteiger partial charge in [-0.2, -0.15) is 0 Å². The van der Waals surface area contributed by atoms with E-state index in [0.717, 1.165) is 0 Å². The number of carbonyl (C=O) groups is 1. The number of carbonyl (C=O) groups excluding carboxylic acids is 1. The Kier molecular flexibility index (Phi) is 4.73. The molecule has 0 aromatic heterocycles. The number of hydrogen-bond donors (Lipinski definition) is 4. The van der Waals surface area contributed by atoms with Crippen LogP contribution in [-0.4, -0.2) is 26.9 Å². The average molecular weight is 286 g/mol. The standard InChI is InChI=1S/C11H18N4O3S/c1-3-14-11(16)7(2)15-8-5-4-6-9(10(8)12)19(13,17)18/h4-7,15H,3,12H2,1-2H3,(H,14,16)(H2,13,17,18). The Morgan fingerprint density at radius 3 is 2.58 bits per heavy atom. The van der Waals surface area contributed by atoms with Crippen LogP contribution in [0.15, 0.2) is 23.1 Å². The first-order valence-electron chi connectivity index (χ1n) is 5.73. The third-order valence-corrected chi connectivity index (χ3v) is 3.46. The molecule has 0 aliphatic carbocycles. The Morgan fingerprint density at radius 2 is 2.05 bits per heavy atom. The number of benzene rings is 1. The number of anilines is 2. The van der Waals surface area contributed by atoms with Crippen molar-refractivity contribution in [2.45, 2.75) is 24.8 Å². The van der Waals surface area contributed by atoms with Crippen LogP contribution in [-0.2, 0) is 14.8 Å². The molecule has 8 heteroatoms. The lowest BCUT2D eigenvalue weighted by Crippen LogP contribution is -2.37. The van der Waals surface area contributed by atoms with Crippen molar-refractivity contribution in [1.29, 1.82) is 0 Å². The zero-order chi connectivity index (χ0) is 14.6. The van der Waals surface area contributed by atoms with Crippen LogP contribution in [0.3, 0.4) is 0 Å². The summed E-state index contributed by atoms with van der Waals surface area (Å²) in [5.41, 5.74) is 6.09. The van der Waals surface area contributed by atoms with Crippen LogP contribution in [0.25, 0.3) is 0 Å². The summed E-state index contributed by atoms with van der Waals surface area (Å²) in [7, 11) is -3.89. The number of hydrogen-bond acceptors (Lipinski definition) is 5. The molecule has 19 heavy (non-hydrogen) atoms. The molecule has 1 aromatic rings. The van der Waals surface area contributed by atoms with E-state index in [1.165, 1.54) is 12.1 Å². The Morgan fingerprint density at radius 1 is 1.42 bits per heavy atom. The van der Waals surface area contributed by atoms with Gasteiger partial charge in [0.15, 0.2) is 0 Å². The summed E-state index contributed by atoms with van der Waals surface area (Å²) in [6, 6.07) is 3.85. The van der Waals surface area contributed by atoms with Gasteiger partial charge < -0.3 is 16.4 Å². The quantitative estimate of drug-likeness (QED) is 0.560. The summed E-state index contributed by atoms with van der Waals surface area (Å²) in [6.07, 6.45) is 0. The maximum Gasteiger partial charge on any atom is 0.242 e. The number of para-hydroxylation sites is 1. The van der Waals surface area contributed by atoms with E-state index in [1.807, 2.05) is 0 Å². The van der Waals surface area contributed by atoms with Gasteiger partial charge in [-0.1, -0.05) is 6.07 Å². The van der Waals surface area contributed by atoms with Crippen molar-refractivity contribution in [3.63, 3.8) is 0 Å². The maximum atomic E-state index is 11.6.